The molecular weight excluding hydrogens is 386 g/mol. The molecule has 0 aliphatic carbocycles. The maximum absolute atomic E-state index is 12.9. The average molecular weight is 409 g/mol. The van der Waals surface area contributed by atoms with E-state index in [0.717, 1.165) is 11.1 Å². The number of rotatable bonds is 5. The standard InChI is InChI=1S/C22H23N3O5/c1-13-12-22(20(27)28,21(29)30)10-11-25(13)19(26)17-8-4-15(5-9-17)14-2-6-16(7-3-14)18(23)24/h2-9,13H,10-12H2,1H3,(H3,23,24)(H,27,28)(H,29,30). The van der Waals surface area contributed by atoms with Crippen LogP contribution in [-0.4, -0.2) is 51.4 Å². The van der Waals surface area contributed by atoms with Crippen LogP contribution in [0.1, 0.15) is 35.7 Å². The Labute approximate surface area is 173 Å². The largest absolute Gasteiger partial charge is 0.480 e. The maximum Gasteiger partial charge on any atom is 0.321 e. The summed E-state index contributed by atoms with van der Waals surface area (Å²) in [5.74, 6) is -3.00. The highest BCUT2D eigenvalue weighted by atomic mass is 16.4. The first kappa shape index (κ1) is 21.0. The molecule has 1 aliphatic heterocycles. The van der Waals surface area contributed by atoms with Gasteiger partial charge in [-0.1, -0.05) is 36.4 Å². The third-order valence-corrected chi connectivity index (χ3v) is 5.70. The van der Waals surface area contributed by atoms with Gasteiger partial charge in [-0.2, -0.15) is 0 Å². The molecular formula is C22H23N3O5. The number of aliphatic carboxylic acids is 2. The lowest BCUT2D eigenvalue weighted by Gasteiger charge is -2.41. The Kier molecular flexibility index (Phi) is 5.60. The van der Waals surface area contributed by atoms with E-state index in [-0.39, 0.29) is 31.1 Å². The summed E-state index contributed by atoms with van der Waals surface area (Å²) in [5, 5.41) is 26.2. The minimum Gasteiger partial charge on any atom is -0.480 e. The fourth-order valence-electron chi connectivity index (χ4n) is 3.84. The number of carbonyl (C=O) groups is 3. The molecule has 0 saturated carbocycles. The summed E-state index contributed by atoms with van der Waals surface area (Å²) >= 11 is 0. The van der Waals surface area contributed by atoms with Gasteiger partial charge in [-0.05, 0) is 43.0 Å². The number of nitrogens with zero attached hydrogens (tertiary/aromatic N) is 1. The molecule has 1 amide bonds. The molecule has 1 unspecified atom stereocenters. The smallest absolute Gasteiger partial charge is 0.321 e. The Balaban J connectivity index is 1.75. The van der Waals surface area contributed by atoms with E-state index in [1.165, 1.54) is 4.90 Å². The molecule has 1 aliphatic rings. The van der Waals surface area contributed by atoms with E-state index in [1.807, 2.05) is 24.3 Å². The lowest BCUT2D eigenvalue weighted by atomic mass is 9.75. The number of carboxylic acids is 2. The zero-order valence-corrected chi connectivity index (χ0v) is 16.5. The molecule has 0 radical (unpaired) electrons. The molecule has 5 N–H and O–H groups in total. The first-order chi connectivity index (χ1) is 14.2. The molecule has 2 aromatic rings. The van der Waals surface area contributed by atoms with Crippen molar-refractivity contribution in [1.82, 2.24) is 4.90 Å². The summed E-state index contributed by atoms with van der Waals surface area (Å²) in [7, 11) is 0. The number of carboxylic acid groups (broad SMARTS) is 2. The molecule has 0 bridgehead atoms. The van der Waals surface area contributed by atoms with Gasteiger partial charge in [0.05, 0.1) is 0 Å². The molecule has 30 heavy (non-hydrogen) atoms. The number of benzene rings is 2. The number of piperidine rings is 1. The van der Waals surface area contributed by atoms with Gasteiger partial charge in [-0.15, -0.1) is 0 Å². The van der Waals surface area contributed by atoms with Crippen molar-refractivity contribution < 1.29 is 24.6 Å². The van der Waals surface area contributed by atoms with Crippen LogP contribution in [0.2, 0.25) is 0 Å². The van der Waals surface area contributed by atoms with E-state index in [9.17, 15) is 24.6 Å². The fourth-order valence-corrected chi connectivity index (χ4v) is 3.84. The molecule has 2 aromatic carbocycles. The van der Waals surface area contributed by atoms with Gasteiger partial charge in [0.25, 0.3) is 5.91 Å². The van der Waals surface area contributed by atoms with Gasteiger partial charge in [0, 0.05) is 23.7 Å². The Morgan fingerprint density at radius 2 is 1.43 bits per heavy atom. The van der Waals surface area contributed by atoms with Crippen LogP contribution in [-0.2, 0) is 9.59 Å². The first-order valence-electron chi connectivity index (χ1n) is 9.48. The second kappa shape index (κ2) is 7.98. The highest BCUT2D eigenvalue weighted by molar-refractivity contribution is 5.99. The molecule has 8 heteroatoms. The van der Waals surface area contributed by atoms with Crippen LogP contribution in [0.15, 0.2) is 48.5 Å². The minimum absolute atomic E-state index is 0.00652. The van der Waals surface area contributed by atoms with Crippen molar-refractivity contribution in [2.24, 2.45) is 11.1 Å². The van der Waals surface area contributed by atoms with E-state index in [4.69, 9.17) is 11.1 Å². The van der Waals surface area contributed by atoms with Gasteiger partial charge < -0.3 is 20.8 Å². The maximum atomic E-state index is 12.9. The van der Waals surface area contributed by atoms with Gasteiger partial charge in [0.15, 0.2) is 5.41 Å². The van der Waals surface area contributed by atoms with E-state index in [1.54, 1.807) is 31.2 Å². The van der Waals surface area contributed by atoms with E-state index < -0.39 is 23.4 Å². The quantitative estimate of drug-likeness (QED) is 0.339. The number of nitrogens with two attached hydrogens (primary N) is 1. The molecule has 8 nitrogen and oxygen atoms in total. The lowest BCUT2D eigenvalue weighted by molar-refractivity contribution is -0.169. The van der Waals surface area contributed by atoms with E-state index >= 15 is 0 Å². The first-order valence-corrected chi connectivity index (χ1v) is 9.48. The summed E-state index contributed by atoms with van der Waals surface area (Å²) < 4.78 is 0. The van der Waals surface area contributed by atoms with E-state index in [0.29, 0.717) is 11.1 Å². The normalized spacial score (nSPS) is 17.9. The number of hydrogen-bond donors (Lipinski definition) is 4. The van der Waals surface area contributed by atoms with Crippen LogP contribution in [0.5, 0.6) is 0 Å². The predicted octanol–water partition coefficient (Wildman–Crippen LogP) is 2.42. The molecule has 1 fully saturated rings. The number of nitrogens with one attached hydrogen (secondary N) is 1. The molecule has 0 spiro atoms. The number of carbonyl (C=O) groups excluding carboxylic acids is 1. The average Bonchev–Trinajstić information content (AvgIpc) is 2.73. The highest BCUT2D eigenvalue weighted by Gasteiger charge is 2.51. The van der Waals surface area contributed by atoms with Gasteiger partial charge in [0.2, 0.25) is 0 Å². The number of amidine groups is 1. The van der Waals surface area contributed by atoms with E-state index in [2.05, 4.69) is 0 Å². The zero-order valence-electron chi connectivity index (χ0n) is 16.5. The summed E-state index contributed by atoms with van der Waals surface area (Å²) in [5.41, 5.74) is 6.49. The molecule has 0 aromatic heterocycles. The third kappa shape index (κ3) is 3.76. The summed E-state index contributed by atoms with van der Waals surface area (Å²) in [6, 6.07) is 13.7. The minimum atomic E-state index is -1.86. The van der Waals surface area contributed by atoms with Crippen molar-refractivity contribution in [3.05, 3.63) is 59.7 Å². The SMILES string of the molecule is CC1CC(C(=O)O)(C(=O)O)CCN1C(=O)c1ccc(-c2ccc(C(=N)N)cc2)cc1. The van der Waals surface area contributed by atoms with Crippen LogP contribution >= 0.6 is 0 Å². The highest BCUT2D eigenvalue weighted by Crippen LogP contribution is 2.36. The monoisotopic (exact) mass is 409 g/mol. The summed E-state index contributed by atoms with van der Waals surface area (Å²) in [6.07, 6.45) is -0.266. The van der Waals surface area contributed by atoms with Crippen LogP contribution in [0.4, 0.5) is 0 Å². The van der Waals surface area contributed by atoms with Crippen molar-refractivity contribution in [3.63, 3.8) is 0 Å². The number of nitrogen functional groups attached to an aromatic ring is 1. The van der Waals surface area contributed by atoms with Crippen molar-refractivity contribution >= 4 is 23.7 Å². The number of likely N-dealkylation sites (tertiary alicyclic amines) is 1. The second-order valence-electron chi connectivity index (χ2n) is 7.56. The Hall–Kier alpha value is -3.68. The van der Waals surface area contributed by atoms with Crippen LogP contribution in [0.25, 0.3) is 11.1 Å². The topological polar surface area (TPSA) is 145 Å². The molecule has 1 saturated heterocycles. The van der Waals surface area contributed by atoms with Crippen LogP contribution in [0.3, 0.4) is 0 Å². The second-order valence-corrected chi connectivity index (χ2v) is 7.56. The van der Waals surface area contributed by atoms with Crippen LogP contribution in [0, 0.1) is 10.8 Å². The van der Waals surface area contributed by atoms with Crippen LogP contribution < -0.4 is 5.73 Å². The fraction of sp³-hybridized carbons (Fsp3) is 0.273. The molecule has 1 atom stereocenters. The Morgan fingerprint density at radius 1 is 0.967 bits per heavy atom. The Bertz CT molecular complexity index is 984. The summed E-state index contributed by atoms with van der Waals surface area (Å²) in [6.45, 7) is 1.73. The van der Waals surface area contributed by atoms with Crippen molar-refractivity contribution in [2.45, 2.75) is 25.8 Å². The summed E-state index contributed by atoms with van der Waals surface area (Å²) in [4.78, 5) is 37.5. The van der Waals surface area contributed by atoms with Gasteiger partial charge in [-0.3, -0.25) is 19.8 Å². The predicted molar refractivity (Wildman–Crippen MR) is 110 cm³/mol. The number of hydrogen-bond acceptors (Lipinski definition) is 4. The molecule has 3 rings (SSSR count). The zero-order chi connectivity index (χ0) is 22.1. The van der Waals surface area contributed by atoms with Gasteiger partial charge >= 0.3 is 11.9 Å². The third-order valence-electron chi connectivity index (χ3n) is 5.70. The van der Waals surface area contributed by atoms with Gasteiger partial charge in [-0.25, -0.2) is 0 Å². The number of amides is 1. The van der Waals surface area contributed by atoms with Crippen molar-refractivity contribution in [3.8, 4) is 11.1 Å². The molecule has 156 valence electrons. The Morgan fingerprint density at radius 3 is 1.83 bits per heavy atom. The van der Waals surface area contributed by atoms with Gasteiger partial charge in [0.1, 0.15) is 5.84 Å². The van der Waals surface area contributed by atoms with Crippen molar-refractivity contribution in [2.75, 3.05) is 6.54 Å². The lowest BCUT2D eigenvalue weighted by Crippen LogP contribution is -2.54. The van der Waals surface area contributed by atoms with Crippen molar-refractivity contribution in [1.29, 1.82) is 5.41 Å². The molecule has 1 heterocycles.